The van der Waals surface area contributed by atoms with Crippen molar-refractivity contribution in [1.82, 2.24) is 10.2 Å². The third-order valence-electron chi connectivity index (χ3n) is 6.25. The molecule has 29 heavy (non-hydrogen) atoms. The summed E-state index contributed by atoms with van der Waals surface area (Å²) < 4.78 is 39.5. The number of benzene rings is 1. The molecule has 158 valence electrons. The molecule has 2 atom stereocenters. The SMILES string of the molecule is CCC1C=C(C(F)(F)F)NC(Nc2ccc3c(c2)CCC(N2CCCC2)CC3)=N1. The summed E-state index contributed by atoms with van der Waals surface area (Å²) in [7, 11) is 0. The predicted octanol–water partition coefficient (Wildman–Crippen LogP) is 4.63. The highest BCUT2D eigenvalue weighted by atomic mass is 19.4. The normalized spacial score (nSPS) is 25.5. The molecule has 1 aromatic rings. The van der Waals surface area contributed by atoms with E-state index in [0.29, 0.717) is 12.5 Å². The topological polar surface area (TPSA) is 39.7 Å². The van der Waals surface area contributed by atoms with E-state index in [1.54, 1.807) is 0 Å². The minimum absolute atomic E-state index is 0.162. The quantitative estimate of drug-likeness (QED) is 0.720. The Morgan fingerprint density at radius 1 is 1.14 bits per heavy atom. The van der Waals surface area contributed by atoms with Crippen LogP contribution in [-0.2, 0) is 12.8 Å². The van der Waals surface area contributed by atoms with Gasteiger partial charge >= 0.3 is 6.18 Å². The zero-order valence-electron chi connectivity index (χ0n) is 16.9. The van der Waals surface area contributed by atoms with Gasteiger partial charge in [0, 0.05) is 11.7 Å². The van der Waals surface area contributed by atoms with Gasteiger partial charge in [-0.25, -0.2) is 4.99 Å². The number of likely N-dealkylation sites (tertiary alicyclic amines) is 1. The summed E-state index contributed by atoms with van der Waals surface area (Å²) in [6.45, 7) is 4.26. The van der Waals surface area contributed by atoms with E-state index in [2.05, 4.69) is 32.7 Å². The number of allylic oxidation sites excluding steroid dienone is 1. The summed E-state index contributed by atoms with van der Waals surface area (Å²) in [6, 6.07) is 6.32. The van der Waals surface area contributed by atoms with Gasteiger partial charge in [-0.1, -0.05) is 13.0 Å². The summed E-state index contributed by atoms with van der Waals surface area (Å²) in [5.74, 6) is 0.162. The van der Waals surface area contributed by atoms with E-state index in [-0.39, 0.29) is 5.96 Å². The Labute approximate surface area is 170 Å². The Balaban J connectivity index is 1.45. The van der Waals surface area contributed by atoms with Crippen molar-refractivity contribution < 1.29 is 13.2 Å². The fourth-order valence-corrected chi connectivity index (χ4v) is 4.61. The standard InChI is InChI=1S/C22H29F3N4/c1-2-17-14-20(22(23,24)25)28-21(26-17)27-18-8-5-15-6-9-19(10-7-16(15)13-18)29-11-3-4-12-29/h5,8,13-14,17,19H,2-4,6-7,9-12H2,1H3,(H2,26,27,28). The molecule has 1 aliphatic carbocycles. The van der Waals surface area contributed by atoms with Crippen molar-refractivity contribution in [2.45, 2.75) is 70.1 Å². The van der Waals surface area contributed by atoms with Gasteiger partial charge in [-0.15, -0.1) is 0 Å². The maximum absolute atomic E-state index is 13.2. The predicted molar refractivity (Wildman–Crippen MR) is 110 cm³/mol. The molecule has 4 rings (SSSR count). The van der Waals surface area contributed by atoms with Crippen LogP contribution in [0.1, 0.15) is 50.2 Å². The van der Waals surface area contributed by atoms with Crippen LogP contribution in [0.3, 0.4) is 0 Å². The average Bonchev–Trinajstić information content (AvgIpc) is 3.15. The van der Waals surface area contributed by atoms with Crippen LogP contribution in [0.15, 0.2) is 35.0 Å². The van der Waals surface area contributed by atoms with Crippen LogP contribution in [0.5, 0.6) is 0 Å². The number of hydrogen-bond donors (Lipinski definition) is 2. The van der Waals surface area contributed by atoms with Crippen molar-refractivity contribution in [2.24, 2.45) is 4.99 Å². The van der Waals surface area contributed by atoms with Crippen molar-refractivity contribution in [3.8, 4) is 0 Å². The maximum Gasteiger partial charge on any atom is 0.431 e. The number of hydrogen-bond acceptors (Lipinski definition) is 4. The monoisotopic (exact) mass is 406 g/mol. The Bertz CT molecular complexity index is 794. The van der Waals surface area contributed by atoms with E-state index in [9.17, 15) is 13.2 Å². The largest absolute Gasteiger partial charge is 0.431 e. The number of nitrogens with one attached hydrogen (secondary N) is 2. The Morgan fingerprint density at radius 2 is 1.86 bits per heavy atom. The van der Waals surface area contributed by atoms with Crippen LogP contribution in [0.2, 0.25) is 0 Å². The number of halogens is 3. The van der Waals surface area contributed by atoms with Gasteiger partial charge in [-0.05, 0) is 87.4 Å². The van der Waals surface area contributed by atoms with Gasteiger partial charge in [0.05, 0.1) is 6.04 Å². The average molecular weight is 406 g/mol. The molecule has 4 nitrogen and oxygen atoms in total. The smallest absolute Gasteiger partial charge is 0.326 e. The number of guanidine groups is 1. The summed E-state index contributed by atoms with van der Waals surface area (Å²) in [4.78, 5) is 6.99. The molecule has 2 unspecified atom stereocenters. The molecule has 0 radical (unpaired) electrons. The number of fused-ring (bicyclic) bond motifs is 1. The van der Waals surface area contributed by atoms with Gasteiger partial charge in [0.25, 0.3) is 0 Å². The maximum atomic E-state index is 13.2. The van der Waals surface area contributed by atoms with E-state index in [1.807, 2.05) is 13.0 Å². The zero-order valence-corrected chi connectivity index (χ0v) is 16.9. The van der Waals surface area contributed by atoms with Crippen LogP contribution in [-0.4, -0.2) is 42.2 Å². The molecule has 7 heteroatoms. The molecule has 0 bridgehead atoms. The molecule has 1 fully saturated rings. The summed E-state index contributed by atoms with van der Waals surface area (Å²) in [5.41, 5.74) is 2.70. The van der Waals surface area contributed by atoms with Gasteiger partial charge in [0.1, 0.15) is 5.70 Å². The number of rotatable bonds is 3. The summed E-state index contributed by atoms with van der Waals surface area (Å²) >= 11 is 0. The lowest BCUT2D eigenvalue weighted by Gasteiger charge is -2.26. The number of aryl methyl sites for hydroxylation is 2. The highest BCUT2D eigenvalue weighted by Crippen LogP contribution is 2.29. The van der Waals surface area contributed by atoms with E-state index < -0.39 is 17.9 Å². The van der Waals surface area contributed by atoms with Crippen molar-refractivity contribution in [1.29, 1.82) is 0 Å². The first kappa shape index (κ1) is 20.3. The van der Waals surface area contributed by atoms with Gasteiger partial charge in [0.2, 0.25) is 5.96 Å². The molecule has 1 aromatic carbocycles. The van der Waals surface area contributed by atoms with Crippen LogP contribution in [0, 0.1) is 0 Å². The first-order valence-electron chi connectivity index (χ1n) is 10.7. The molecule has 1 saturated heterocycles. The highest BCUT2D eigenvalue weighted by molar-refractivity contribution is 5.95. The van der Waals surface area contributed by atoms with Gasteiger partial charge in [-0.3, -0.25) is 0 Å². The number of alkyl halides is 3. The molecule has 2 aliphatic heterocycles. The third-order valence-corrected chi connectivity index (χ3v) is 6.25. The zero-order chi connectivity index (χ0) is 20.4. The second kappa shape index (κ2) is 8.38. The molecule has 0 aromatic heterocycles. The molecular formula is C22H29F3N4. The first-order valence-corrected chi connectivity index (χ1v) is 10.7. The lowest BCUT2D eigenvalue weighted by atomic mass is 10.0. The number of aliphatic imine (C=N–C) groups is 1. The Hall–Kier alpha value is -2.02. The van der Waals surface area contributed by atoms with Crippen molar-refractivity contribution in [2.75, 3.05) is 18.4 Å². The van der Waals surface area contributed by atoms with E-state index in [4.69, 9.17) is 0 Å². The molecule has 2 heterocycles. The fraction of sp³-hybridized carbons (Fsp3) is 0.591. The van der Waals surface area contributed by atoms with Crippen molar-refractivity contribution >= 4 is 11.6 Å². The molecule has 2 N–H and O–H groups in total. The van der Waals surface area contributed by atoms with Crippen LogP contribution in [0.4, 0.5) is 18.9 Å². The minimum atomic E-state index is -4.41. The minimum Gasteiger partial charge on any atom is -0.326 e. The molecule has 0 amide bonds. The summed E-state index contributed by atoms with van der Waals surface area (Å²) in [6.07, 6.45) is 4.29. The second-order valence-electron chi connectivity index (χ2n) is 8.24. The summed E-state index contributed by atoms with van der Waals surface area (Å²) in [5, 5.41) is 5.48. The van der Waals surface area contributed by atoms with Crippen molar-refractivity contribution in [3.05, 3.63) is 41.1 Å². The Morgan fingerprint density at radius 3 is 2.55 bits per heavy atom. The first-order chi connectivity index (χ1) is 13.9. The van der Waals surface area contributed by atoms with E-state index in [1.165, 1.54) is 43.5 Å². The highest BCUT2D eigenvalue weighted by Gasteiger charge is 2.36. The number of nitrogens with zero attached hydrogens (tertiary/aromatic N) is 2. The van der Waals surface area contributed by atoms with Crippen LogP contribution in [0.25, 0.3) is 0 Å². The molecular weight excluding hydrogens is 377 g/mol. The van der Waals surface area contributed by atoms with E-state index in [0.717, 1.165) is 31.0 Å². The van der Waals surface area contributed by atoms with Crippen LogP contribution >= 0.6 is 0 Å². The second-order valence-corrected chi connectivity index (χ2v) is 8.24. The molecule has 3 aliphatic rings. The molecule has 0 spiro atoms. The Kier molecular flexibility index (Phi) is 5.86. The van der Waals surface area contributed by atoms with Gasteiger partial charge in [-0.2, -0.15) is 13.2 Å². The van der Waals surface area contributed by atoms with E-state index >= 15 is 0 Å². The lowest BCUT2D eigenvalue weighted by Crippen LogP contribution is -2.40. The van der Waals surface area contributed by atoms with Crippen LogP contribution < -0.4 is 10.6 Å². The lowest BCUT2D eigenvalue weighted by molar-refractivity contribution is -0.0954. The van der Waals surface area contributed by atoms with Gasteiger partial charge < -0.3 is 15.5 Å². The van der Waals surface area contributed by atoms with Gasteiger partial charge in [0.15, 0.2) is 0 Å². The third kappa shape index (κ3) is 4.77. The molecule has 0 saturated carbocycles. The number of anilines is 1. The fourth-order valence-electron chi connectivity index (χ4n) is 4.61. The van der Waals surface area contributed by atoms with Crippen molar-refractivity contribution in [3.63, 3.8) is 0 Å².